The molecule has 3 aliphatic rings. The van der Waals surface area contributed by atoms with E-state index in [-0.39, 0.29) is 19.3 Å². The van der Waals surface area contributed by atoms with Gasteiger partial charge in [0.25, 0.3) is 5.91 Å². The Morgan fingerprint density at radius 1 is 0.667 bits per heavy atom. The molecule has 6 bridgehead atoms. The number of likely N-dealkylation sites (N-methyl/N-ethyl adjacent to an activating group) is 3. The molecule has 0 saturated carbocycles. The van der Waals surface area contributed by atoms with E-state index in [0.717, 1.165) is 0 Å². The van der Waals surface area contributed by atoms with Gasteiger partial charge in [-0.25, -0.2) is 5.84 Å². The van der Waals surface area contributed by atoms with Crippen LogP contribution in [0.15, 0.2) is 66.7 Å². The third kappa shape index (κ3) is 9.28. The predicted molar refractivity (Wildman–Crippen MR) is 209 cm³/mol. The van der Waals surface area contributed by atoms with Crippen molar-refractivity contribution in [1.82, 2.24) is 30.3 Å². The predicted octanol–water partition coefficient (Wildman–Crippen LogP) is 1.43. The topological polar surface area (TPSA) is 193 Å². The first kappa shape index (κ1) is 42.0. The highest BCUT2D eigenvalue weighted by Gasteiger charge is 2.40. The lowest BCUT2D eigenvalue weighted by atomic mass is 9.98. The van der Waals surface area contributed by atoms with E-state index in [1.165, 1.54) is 70.8 Å². The second kappa shape index (κ2) is 17.7. The summed E-state index contributed by atoms with van der Waals surface area (Å²) in [7, 11) is 7.37. The fraction of sp³-hybridized carbons (Fsp3) is 0.415. The van der Waals surface area contributed by atoms with Gasteiger partial charge in [-0.2, -0.15) is 0 Å². The van der Waals surface area contributed by atoms with Gasteiger partial charge in [0.05, 0.1) is 14.2 Å². The van der Waals surface area contributed by atoms with Crippen LogP contribution in [-0.4, -0.2) is 127 Å². The molecule has 0 radical (unpaired) electrons. The first-order chi connectivity index (χ1) is 27.0. The van der Waals surface area contributed by atoms with Gasteiger partial charge in [-0.3, -0.25) is 33.8 Å². The molecule has 6 rings (SSSR count). The second-order valence-electron chi connectivity index (χ2n) is 14.5. The number of hydrogen-bond donors (Lipinski definition) is 3. The first-order valence-electron chi connectivity index (χ1n) is 18.6. The molecule has 3 aromatic rings. The number of carbonyl (C=O) groups is 6. The van der Waals surface area contributed by atoms with E-state index >= 15 is 0 Å². The zero-order valence-corrected chi connectivity index (χ0v) is 33.5. The molecule has 16 heteroatoms. The Balaban J connectivity index is 1.60. The summed E-state index contributed by atoms with van der Waals surface area (Å²) < 4.78 is 17.0. The number of fused-ring (bicyclic) bond motifs is 2. The average molecular weight is 786 g/mol. The van der Waals surface area contributed by atoms with Crippen LogP contribution in [0.2, 0.25) is 0 Å². The molecule has 0 unspecified atom stereocenters. The SMILES string of the molecule is COc1ccc(C[C@H]2C(=O)N[C@@H](C)C(=O)N(C)[C@H]3Cc4ccc(cc4)Oc4cc(ccc4OC)C[C@H](C(=O)N[C@H](C)C(=O)N(N)[C@@H](C)C(=O)N2C)N(C)C3=O)cc1. The second-order valence-corrected chi connectivity index (χ2v) is 14.5. The van der Waals surface area contributed by atoms with Gasteiger partial charge in [0, 0.05) is 40.4 Å². The molecule has 3 aromatic carbocycles. The van der Waals surface area contributed by atoms with Crippen molar-refractivity contribution in [3.05, 3.63) is 83.4 Å². The highest BCUT2D eigenvalue weighted by Crippen LogP contribution is 2.34. The minimum atomic E-state index is -1.28. The smallest absolute Gasteiger partial charge is 0.259 e. The van der Waals surface area contributed by atoms with Crippen LogP contribution in [0.4, 0.5) is 0 Å². The minimum Gasteiger partial charge on any atom is -0.497 e. The highest BCUT2D eigenvalue weighted by molar-refractivity contribution is 5.98. The molecule has 4 N–H and O–H groups in total. The van der Waals surface area contributed by atoms with Gasteiger partial charge < -0.3 is 39.5 Å². The quantitative estimate of drug-likeness (QED) is 0.258. The van der Waals surface area contributed by atoms with E-state index < -0.39 is 71.7 Å². The van der Waals surface area contributed by atoms with Gasteiger partial charge in [0.15, 0.2) is 11.5 Å². The highest BCUT2D eigenvalue weighted by atomic mass is 16.5. The van der Waals surface area contributed by atoms with Crippen molar-refractivity contribution in [2.75, 3.05) is 35.4 Å². The molecule has 1 saturated heterocycles. The fourth-order valence-corrected chi connectivity index (χ4v) is 6.95. The van der Waals surface area contributed by atoms with Crippen LogP contribution < -0.4 is 30.7 Å². The number of nitrogens with zero attached hydrogens (tertiary/aromatic N) is 4. The Morgan fingerprint density at radius 2 is 1.25 bits per heavy atom. The van der Waals surface area contributed by atoms with Gasteiger partial charge >= 0.3 is 0 Å². The number of amides is 6. The van der Waals surface area contributed by atoms with Crippen LogP contribution in [0.25, 0.3) is 0 Å². The number of rotatable bonds is 4. The number of nitrogens with two attached hydrogens (primary N) is 1. The van der Waals surface area contributed by atoms with Crippen molar-refractivity contribution in [1.29, 1.82) is 0 Å². The van der Waals surface area contributed by atoms with Crippen molar-refractivity contribution in [2.24, 2.45) is 5.84 Å². The molecular formula is C41H51N7O9. The molecule has 3 aliphatic heterocycles. The third-order valence-electron chi connectivity index (χ3n) is 10.6. The monoisotopic (exact) mass is 785 g/mol. The van der Waals surface area contributed by atoms with Gasteiger partial charge in [-0.05, 0) is 73.9 Å². The first-order valence-corrected chi connectivity index (χ1v) is 18.6. The van der Waals surface area contributed by atoms with Gasteiger partial charge in [-0.15, -0.1) is 0 Å². The molecule has 304 valence electrons. The lowest BCUT2D eigenvalue weighted by molar-refractivity contribution is -0.152. The van der Waals surface area contributed by atoms with Gasteiger partial charge in [0.2, 0.25) is 29.5 Å². The normalized spacial score (nSPS) is 24.3. The number of carbonyl (C=O) groups excluding carboxylic acids is 6. The van der Waals surface area contributed by atoms with Gasteiger partial charge in [0.1, 0.15) is 47.8 Å². The molecular weight excluding hydrogens is 734 g/mol. The van der Waals surface area contributed by atoms with E-state index in [9.17, 15) is 28.8 Å². The molecule has 6 atom stereocenters. The van der Waals surface area contributed by atoms with E-state index in [0.29, 0.717) is 44.7 Å². The van der Waals surface area contributed by atoms with E-state index in [4.69, 9.17) is 20.1 Å². The van der Waals surface area contributed by atoms with Crippen LogP contribution in [0.3, 0.4) is 0 Å². The average Bonchev–Trinajstić information content (AvgIpc) is 3.21. The molecule has 3 heterocycles. The summed E-state index contributed by atoms with van der Waals surface area (Å²) in [4.78, 5) is 88.7. The number of hydrogen-bond acceptors (Lipinski definition) is 10. The lowest BCUT2D eigenvalue weighted by Gasteiger charge is -2.37. The maximum atomic E-state index is 14.7. The summed E-state index contributed by atoms with van der Waals surface area (Å²) in [5, 5.41) is 6.16. The number of ether oxygens (including phenoxy) is 3. The maximum Gasteiger partial charge on any atom is 0.259 e. The van der Waals surface area contributed by atoms with Crippen molar-refractivity contribution in [2.45, 2.75) is 76.3 Å². The number of methoxy groups -OCH3 is 2. The van der Waals surface area contributed by atoms with Crippen molar-refractivity contribution in [3.8, 4) is 23.0 Å². The third-order valence-corrected chi connectivity index (χ3v) is 10.6. The lowest BCUT2D eigenvalue weighted by Crippen LogP contribution is -2.63. The zero-order chi connectivity index (χ0) is 41.7. The Hall–Kier alpha value is -6.16. The summed E-state index contributed by atoms with van der Waals surface area (Å²) in [6.07, 6.45) is 0.0577. The van der Waals surface area contributed by atoms with Crippen LogP contribution in [0.5, 0.6) is 23.0 Å². The molecule has 0 spiro atoms. The van der Waals surface area contributed by atoms with Crippen LogP contribution >= 0.6 is 0 Å². The fourth-order valence-electron chi connectivity index (χ4n) is 6.95. The number of hydrazine groups is 1. The maximum absolute atomic E-state index is 14.7. The van der Waals surface area contributed by atoms with E-state index in [1.54, 1.807) is 66.7 Å². The van der Waals surface area contributed by atoms with Crippen LogP contribution in [-0.2, 0) is 48.0 Å². The zero-order valence-electron chi connectivity index (χ0n) is 33.5. The summed E-state index contributed by atoms with van der Waals surface area (Å²) >= 11 is 0. The Labute approximate surface area is 332 Å². The summed E-state index contributed by atoms with van der Waals surface area (Å²) in [6.45, 7) is 4.32. The van der Waals surface area contributed by atoms with Crippen LogP contribution in [0, 0.1) is 0 Å². The molecule has 0 aliphatic carbocycles. The standard InChI is InChI=1S/C41H51N7O9/c1-23-38(51)47(6)33-20-27-11-16-30(17-12-27)57-35-22-28(13-18-34(35)56-8)21-32(46(5)41(33)54)37(50)44-24(2)39(52)48(42)25(3)40(53)45(4)31(36(49)43-23)19-26-9-14-29(55-7)15-10-26/h9-18,22-25,31-33H,19-21,42H2,1-8H3,(H,43,49)(H,44,50)/t23-,24+,25-,31-,32+,33-/m0/s1. The largest absolute Gasteiger partial charge is 0.497 e. The Kier molecular flexibility index (Phi) is 13.1. The Morgan fingerprint density at radius 3 is 1.88 bits per heavy atom. The number of nitrogens with one attached hydrogen (secondary N) is 2. The molecule has 16 nitrogen and oxygen atoms in total. The summed E-state index contributed by atoms with van der Waals surface area (Å²) in [6, 6.07) is 11.9. The molecule has 57 heavy (non-hydrogen) atoms. The molecule has 1 fully saturated rings. The number of benzene rings is 3. The minimum absolute atomic E-state index is 0.0225. The Bertz CT molecular complexity index is 1990. The van der Waals surface area contributed by atoms with E-state index in [2.05, 4.69) is 10.6 Å². The van der Waals surface area contributed by atoms with Crippen LogP contribution in [0.1, 0.15) is 37.5 Å². The van der Waals surface area contributed by atoms with Crippen molar-refractivity contribution in [3.63, 3.8) is 0 Å². The van der Waals surface area contributed by atoms with Crippen molar-refractivity contribution >= 4 is 35.4 Å². The van der Waals surface area contributed by atoms with E-state index in [1.807, 2.05) is 0 Å². The van der Waals surface area contributed by atoms with Crippen molar-refractivity contribution < 1.29 is 43.0 Å². The van der Waals surface area contributed by atoms with Gasteiger partial charge in [-0.1, -0.05) is 30.3 Å². The summed E-state index contributed by atoms with van der Waals surface area (Å²) in [5.41, 5.74) is 1.97. The molecule has 0 aromatic heterocycles. The molecule has 6 amide bonds. The summed E-state index contributed by atoms with van der Waals surface area (Å²) in [5.74, 6) is 4.24.